The van der Waals surface area contributed by atoms with Gasteiger partial charge in [0, 0.05) is 9.45 Å². The van der Waals surface area contributed by atoms with Crippen molar-refractivity contribution in [3.05, 3.63) is 26.6 Å². The van der Waals surface area contributed by atoms with E-state index in [9.17, 15) is 8.78 Å². The highest BCUT2D eigenvalue weighted by Gasteiger charge is 2.14. The molecule has 0 aliphatic rings. The number of halogens is 4. The predicted molar refractivity (Wildman–Crippen MR) is 57.4 cm³/mol. The SMILES string of the molecule is OCc1nc(C(F)F)cc(CCl)c1I. The zero-order valence-corrected chi connectivity index (χ0v) is 9.89. The molecule has 0 fully saturated rings. The first kappa shape index (κ1) is 12.1. The Balaban J connectivity index is 3.25. The minimum atomic E-state index is -2.64. The van der Waals surface area contributed by atoms with Crippen LogP contribution in [0.4, 0.5) is 8.78 Å². The molecule has 14 heavy (non-hydrogen) atoms. The van der Waals surface area contributed by atoms with Crippen molar-refractivity contribution in [1.82, 2.24) is 4.98 Å². The van der Waals surface area contributed by atoms with Crippen molar-refractivity contribution in [2.24, 2.45) is 0 Å². The van der Waals surface area contributed by atoms with Crippen LogP contribution in [0.5, 0.6) is 0 Å². The Morgan fingerprint density at radius 2 is 2.21 bits per heavy atom. The van der Waals surface area contributed by atoms with Crippen LogP contribution in [-0.2, 0) is 12.5 Å². The van der Waals surface area contributed by atoms with Crippen molar-refractivity contribution >= 4 is 34.2 Å². The second kappa shape index (κ2) is 5.18. The van der Waals surface area contributed by atoms with Crippen LogP contribution in [0, 0.1) is 3.57 Å². The summed E-state index contributed by atoms with van der Waals surface area (Å²) >= 11 is 7.51. The van der Waals surface area contributed by atoms with Gasteiger partial charge >= 0.3 is 0 Å². The highest BCUT2D eigenvalue weighted by atomic mass is 127. The van der Waals surface area contributed by atoms with Gasteiger partial charge in [0.05, 0.1) is 12.3 Å². The van der Waals surface area contributed by atoms with Gasteiger partial charge in [-0.2, -0.15) is 0 Å². The second-order valence-electron chi connectivity index (χ2n) is 2.56. The molecule has 6 heteroatoms. The molecule has 1 aromatic heterocycles. The van der Waals surface area contributed by atoms with E-state index in [4.69, 9.17) is 16.7 Å². The van der Waals surface area contributed by atoms with Gasteiger partial charge in [-0.3, -0.25) is 0 Å². The maximum Gasteiger partial charge on any atom is 0.280 e. The highest BCUT2D eigenvalue weighted by Crippen LogP contribution is 2.24. The lowest BCUT2D eigenvalue weighted by atomic mass is 10.2. The van der Waals surface area contributed by atoms with Gasteiger partial charge in [-0.15, -0.1) is 11.6 Å². The van der Waals surface area contributed by atoms with Gasteiger partial charge in [-0.05, 0) is 34.2 Å². The average Bonchev–Trinajstić information content (AvgIpc) is 2.17. The molecule has 0 saturated heterocycles. The molecule has 0 radical (unpaired) electrons. The van der Waals surface area contributed by atoms with Crippen molar-refractivity contribution in [3.8, 4) is 0 Å². The highest BCUT2D eigenvalue weighted by molar-refractivity contribution is 14.1. The molecule has 0 unspecified atom stereocenters. The van der Waals surface area contributed by atoms with Crippen molar-refractivity contribution in [2.45, 2.75) is 18.9 Å². The Morgan fingerprint density at radius 1 is 1.57 bits per heavy atom. The fourth-order valence-electron chi connectivity index (χ4n) is 0.978. The maximum absolute atomic E-state index is 12.3. The molecule has 0 aliphatic carbocycles. The minimum absolute atomic E-state index is 0.132. The number of hydrogen-bond donors (Lipinski definition) is 1. The first-order chi connectivity index (χ1) is 6.60. The van der Waals surface area contributed by atoms with E-state index < -0.39 is 6.43 Å². The molecule has 1 rings (SSSR count). The Labute approximate surface area is 98.4 Å². The summed E-state index contributed by atoms with van der Waals surface area (Å²) in [6, 6.07) is 1.26. The summed E-state index contributed by atoms with van der Waals surface area (Å²) in [7, 11) is 0. The van der Waals surface area contributed by atoms with Gasteiger partial charge in [0.1, 0.15) is 5.69 Å². The number of alkyl halides is 3. The molecule has 1 heterocycles. The summed E-state index contributed by atoms with van der Waals surface area (Å²) in [6.07, 6.45) is -2.64. The van der Waals surface area contributed by atoms with Crippen LogP contribution in [0.1, 0.15) is 23.4 Å². The number of aliphatic hydroxyl groups is 1. The van der Waals surface area contributed by atoms with Gasteiger partial charge in [0.25, 0.3) is 6.43 Å². The number of rotatable bonds is 3. The zero-order valence-electron chi connectivity index (χ0n) is 6.98. The van der Waals surface area contributed by atoms with E-state index in [-0.39, 0.29) is 23.9 Å². The van der Waals surface area contributed by atoms with Crippen molar-refractivity contribution in [2.75, 3.05) is 0 Å². The van der Waals surface area contributed by atoms with Crippen LogP contribution >= 0.6 is 34.2 Å². The lowest BCUT2D eigenvalue weighted by Gasteiger charge is -2.08. The van der Waals surface area contributed by atoms with Crippen LogP contribution in [0.25, 0.3) is 0 Å². The fourth-order valence-corrected chi connectivity index (χ4v) is 2.05. The Morgan fingerprint density at radius 3 is 2.64 bits per heavy atom. The lowest BCUT2D eigenvalue weighted by molar-refractivity contribution is 0.145. The summed E-state index contributed by atoms with van der Waals surface area (Å²) in [6.45, 7) is -0.358. The molecule has 1 aromatic rings. The number of nitrogens with zero attached hydrogens (tertiary/aromatic N) is 1. The third-order valence-corrected chi connectivity index (χ3v) is 3.24. The van der Waals surface area contributed by atoms with Crippen molar-refractivity contribution < 1.29 is 13.9 Å². The summed E-state index contributed by atoms with van der Waals surface area (Å²) in [5.74, 6) is 0.132. The van der Waals surface area contributed by atoms with Gasteiger partial charge in [0.2, 0.25) is 0 Å². The predicted octanol–water partition coefficient (Wildman–Crippen LogP) is 2.85. The maximum atomic E-state index is 12.3. The molecule has 0 atom stereocenters. The Bertz CT molecular complexity index is 310. The third-order valence-electron chi connectivity index (χ3n) is 1.64. The first-order valence-corrected chi connectivity index (χ1v) is 5.34. The van der Waals surface area contributed by atoms with E-state index in [1.165, 1.54) is 6.07 Å². The van der Waals surface area contributed by atoms with Gasteiger partial charge in [0.15, 0.2) is 0 Å². The summed E-state index contributed by atoms with van der Waals surface area (Å²) in [5, 5.41) is 8.89. The summed E-state index contributed by atoms with van der Waals surface area (Å²) < 4.78 is 25.3. The van der Waals surface area contributed by atoms with E-state index in [0.29, 0.717) is 9.13 Å². The normalized spacial score (nSPS) is 11.0. The van der Waals surface area contributed by atoms with Gasteiger partial charge in [-0.1, -0.05) is 0 Å². The molecular weight excluding hydrogens is 326 g/mol. The van der Waals surface area contributed by atoms with Crippen molar-refractivity contribution in [3.63, 3.8) is 0 Å². The number of aromatic nitrogens is 1. The zero-order chi connectivity index (χ0) is 10.7. The van der Waals surface area contributed by atoms with E-state index in [1.807, 2.05) is 22.6 Å². The smallest absolute Gasteiger partial charge is 0.280 e. The molecule has 1 N–H and O–H groups in total. The molecule has 0 bridgehead atoms. The second-order valence-corrected chi connectivity index (χ2v) is 3.91. The molecule has 0 saturated carbocycles. The van der Waals surface area contributed by atoms with Crippen molar-refractivity contribution in [1.29, 1.82) is 0 Å². The molecule has 0 aliphatic heterocycles. The largest absolute Gasteiger partial charge is 0.390 e. The van der Waals surface area contributed by atoms with E-state index in [1.54, 1.807) is 0 Å². The molecular formula is C8H7ClF2INO. The van der Waals surface area contributed by atoms with Crippen LogP contribution in [0.2, 0.25) is 0 Å². The number of pyridine rings is 1. The Kier molecular flexibility index (Phi) is 4.46. The first-order valence-electron chi connectivity index (χ1n) is 3.73. The van der Waals surface area contributed by atoms with Crippen LogP contribution in [0.3, 0.4) is 0 Å². The number of aliphatic hydroxyl groups excluding tert-OH is 1. The molecule has 0 amide bonds. The van der Waals surface area contributed by atoms with E-state index in [2.05, 4.69) is 4.98 Å². The van der Waals surface area contributed by atoms with Gasteiger partial charge < -0.3 is 5.11 Å². The van der Waals surface area contributed by atoms with E-state index in [0.717, 1.165) is 0 Å². The van der Waals surface area contributed by atoms with Crippen LogP contribution < -0.4 is 0 Å². The fraction of sp³-hybridized carbons (Fsp3) is 0.375. The van der Waals surface area contributed by atoms with E-state index >= 15 is 0 Å². The number of hydrogen-bond acceptors (Lipinski definition) is 2. The molecule has 0 aromatic carbocycles. The Hall–Kier alpha value is -0.0100. The molecule has 78 valence electrons. The third kappa shape index (κ3) is 2.52. The lowest BCUT2D eigenvalue weighted by Crippen LogP contribution is -2.03. The average molecular weight is 334 g/mol. The summed E-state index contributed by atoms with van der Waals surface area (Å²) in [5.41, 5.74) is 0.478. The monoisotopic (exact) mass is 333 g/mol. The quantitative estimate of drug-likeness (QED) is 0.681. The summed E-state index contributed by atoms with van der Waals surface area (Å²) in [4.78, 5) is 3.63. The standard InChI is InChI=1S/C8H7ClF2INO/c9-2-4-1-5(8(10)11)13-6(3-14)7(4)12/h1,8,14H,2-3H2. The molecule has 0 spiro atoms. The van der Waals surface area contributed by atoms with Crippen LogP contribution in [-0.4, -0.2) is 10.1 Å². The van der Waals surface area contributed by atoms with Crippen LogP contribution in [0.15, 0.2) is 6.07 Å². The van der Waals surface area contributed by atoms with Gasteiger partial charge in [-0.25, -0.2) is 13.8 Å². The minimum Gasteiger partial charge on any atom is -0.390 e. The topological polar surface area (TPSA) is 33.1 Å². The molecule has 2 nitrogen and oxygen atoms in total.